The molecule has 0 unspecified atom stereocenters. The number of carbonyl (C=O) groups is 2. The molecule has 1 amide bonds. The van der Waals surface area contributed by atoms with Gasteiger partial charge in [0, 0.05) is 6.92 Å². The number of carbonyl (C=O) groups excluding carboxylic acids is 1. The molecule has 0 saturated heterocycles. The van der Waals surface area contributed by atoms with Gasteiger partial charge in [-0.05, 0) is 42.5 Å². The van der Waals surface area contributed by atoms with Crippen molar-refractivity contribution in [2.45, 2.75) is 37.4 Å². The van der Waals surface area contributed by atoms with E-state index in [0.29, 0.717) is 17.2 Å². The lowest BCUT2D eigenvalue weighted by atomic mass is 9.94. The van der Waals surface area contributed by atoms with Crippen LogP contribution in [-0.2, 0) is 14.3 Å². The van der Waals surface area contributed by atoms with Crippen LogP contribution in [0.3, 0.4) is 0 Å². The first-order valence-corrected chi connectivity index (χ1v) is 10.1. The van der Waals surface area contributed by atoms with Crippen molar-refractivity contribution in [3.05, 3.63) is 66.4 Å². The molecule has 1 heterocycles. The van der Waals surface area contributed by atoms with Crippen LogP contribution in [0, 0.1) is 0 Å². The lowest BCUT2D eigenvalue weighted by Crippen LogP contribution is -2.60. The fourth-order valence-corrected chi connectivity index (χ4v) is 3.25. The molecule has 33 heavy (non-hydrogen) atoms. The highest BCUT2D eigenvalue weighted by Crippen LogP contribution is 2.25. The maximum atomic E-state index is 11.5. The van der Waals surface area contributed by atoms with Crippen molar-refractivity contribution in [2.75, 3.05) is 6.61 Å². The molecule has 2 aromatic rings. The number of amides is 1. The molecule has 3 rings (SSSR count). The fourth-order valence-electron chi connectivity index (χ4n) is 3.25. The lowest BCUT2D eigenvalue weighted by Gasteiger charge is -2.38. The van der Waals surface area contributed by atoms with E-state index in [1.54, 1.807) is 24.3 Å². The Morgan fingerprint density at radius 3 is 2.24 bits per heavy atom. The zero-order valence-electron chi connectivity index (χ0n) is 17.7. The SMILES string of the molecule is CC(=O)N[C@H]1[C@H]([C@H](O)[C@H](O)COc2ccc(Oc3ccccc3)cc2)OC(C(=O)O)=C[C@@H]1O. The molecular formula is C23H25NO9. The van der Waals surface area contributed by atoms with Crippen LogP contribution in [0.25, 0.3) is 0 Å². The van der Waals surface area contributed by atoms with E-state index < -0.39 is 48.1 Å². The highest BCUT2D eigenvalue weighted by atomic mass is 16.5. The Labute approximate surface area is 189 Å². The predicted molar refractivity (Wildman–Crippen MR) is 115 cm³/mol. The van der Waals surface area contributed by atoms with E-state index in [2.05, 4.69) is 5.32 Å². The number of benzene rings is 2. The zero-order chi connectivity index (χ0) is 24.0. The van der Waals surface area contributed by atoms with Gasteiger partial charge in [0.1, 0.15) is 42.2 Å². The van der Waals surface area contributed by atoms with Gasteiger partial charge in [-0.25, -0.2) is 4.79 Å². The second-order valence-electron chi connectivity index (χ2n) is 7.39. The molecule has 10 nitrogen and oxygen atoms in total. The first-order chi connectivity index (χ1) is 15.7. The molecule has 176 valence electrons. The van der Waals surface area contributed by atoms with Crippen LogP contribution in [0.15, 0.2) is 66.4 Å². The summed E-state index contributed by atoms with van der Waals surface area (Å²) in [5.74, 6) is -0.967. The summed E-state index contributed by atoms with van der Waals surface area (Å²) < 4.78 is 16.4. The number of para-hydroxylation sites is 1. The Morgan fingerprint density at radius 1 is 1.03 bits per heavy atom. The Kier molecular flexibility index (Phi) is 7.88. The van der Waals surface area contributed by atoms with E-state index in [-0.39, 0.29) is 6.61 Å². The smallest absolute Gasteiger partial charge is 0.370 e. The molecule has 10 heteroatoms. The van der Waals surface area contributed by atoms with Crippen molar-refractivity contribution in [2.24, 2.45) is 0 Å². The number of ether oxygens (including phenoxy) is 3. The Bertz CT molecular complexity index is 977. The first-order valence-electron chi connectivity index (χ1n) is 10.1. The van der Waals surface area contributed by atoms with Crippen LogP contribution in [-0.4, -0.2) is 69.4 Å². The normalized spacial score (nSPS) is 21.7. The average Bonchev–Trinajstić information content (AvgIpc) is 2.79. The minimum absolute atomic E-state index is 0.366. The second kappa shape index (κ2) is 10.8. The summed E-state index contributed by atoms with van der Waals surface area (Å²) in [7, 11) is 0. The third-order valence-corrected chi connectivity index (χ3v) is 4.84. The summed E-state index contributed by atoms with van der Waals surface area (Å²) in [6, 6.07) is 14.6. The molecule has 1 aliphatic heterocycles. The van der Waals surface area contributed by atoms with Gasteiger partial charge in [0.25, 0.3) is 0 Å². The molecule has 2 aromatic carbocycles. The topological polar surface area (TPSA) is 155 Å². The van der Waals surface area contributed by atoms with Crippen LogP contribution in [0.1, 0.15) is 6.92 Å². The van der Waals surface area contributed by atoms with Gasteiger partial charge in [-0.15, -0.1) is 0 Å². The van der Waals surface area contributed by atoms with Gasteiger partial charge in [0.15, 0.2) is 6.10 Å². The van der Waals surface area contributed by atoms with E-state index in [4.69, 9.17) is 19.3 Å². The number of hydrogen-bond donors (Lipinski definition) is 5. The molecule has 0 saturated carbocycles. The van der Waals surface area contributed by atoms with E-state index in [1.165, 1.54) is 6.92 Å². The number of hydrogen-bond acceptors (Lipinski definition) is 8. The maximum absolute atomic E-state index is 11.5. The number of carboxylic acids is 1. The molecule has 0 aromatic heterocycles. The van der Waals surface area contributed by atoms with Crippen LogP contribution in [0.5, 0.6) is 17.2 Å². The molecule has 0 fully saturated rings. The van der Waals surface area contributed by atoms with Crippen LogP contribution >= 0.6 is 0 Å². The number of aliphatic hydroxyl groups is 3. The van der Waals surface area contributed by atoms with E-state index >= 15 is 0 Å². The van der Waals surface area contributed by atoms with Crippen molar-refractivity contribution in [3.8, 4) is 17.2 Å². The Morgan fingerprint density at radius 2 is 1.64 bits per heavy atom. The maximum Gasteiger partial charge on any atom is 0.370 e. The van der Waals surface area contributed by atoms with Gasteiger partial charge in [-0.3, -0.25) is 4.79 Å². The monoisotopic (exact) mass is 459 g/mol. The largest absolute Gasteiger partial charge is 0.491 e. The summed E-state index contributed by atoms with van der Waals surface area (Å²) >= 11 is 0. The van der Waals surface area contributed by atoms with Gasteiger partial charge in [-0.2, -0.15) is 0 Å². The number of nitrogens with one attached hydrogen (secondary N) is 1. The van der Waals surface area contributed by atoms with Gasteiger partial charge in [-0.1, -0.05) is 18.2 Å². The lowest BCUT2D eigenvalue weighted by molar-refractivity contribution is -0.149. The molecule has 1 aliphatic rings. The van der Waals surface area contributed by atoms with E-state index in [1.807, 2.05) is 30.3 Å². The van der Waals surface area contributed by atoms with Gasteiger partial charge < -0.3 is 40.0 Å². The Hall–Kier alpha value is -3.60. The number of rotatable bonds is 9. The molecule has 0 spiro atoms. The number of carboxylic acid groups (broad SMARTS) is 1. The highest BCUT2D eigenvalue weighted by molar-refractivity contribution is 5.84. The zero-order valence-corrected chi connectivity index (χ0v) is 17.7. The van der Waals surface area contributed by atoms with Crippen LogP contribution < -0.4 is 14.8 Å². The number of aliphatic hydroxyl groups excluding tert-OH is 3. The summed E-state index contributed by atoms with van der Waals surface area (Å²) in [6.07, 6.45) is -5.17. The number of aliphatic carboxylic acids is 1. The van der Waals surface area contributed by atoms with Crippen LogP contribution in [0.4, 0.5) is 0 Å². The predicted octanol–water partition coefficient (Wildman–Crippen LogP) is 0.812. The standard InChI is InChI=1S/C23H25NO9/c1-13(25)24-20-17(26)11-19(23(29)30)33-22(20)21(28)18(27)12-31-14-7-9-16(10-8-14)32-15-5-3-2-4-6-15/h2-11,17-18,20-22,26-28H,12H2,1H3,(H,24,25)(H,29,30)/t17-,18+,20+,21+,22+/m0/s1. The molecule has 0 radical (unpaired) electrons. The molecule has 5 N–H and O–H groups in total. The fraction of sp³-hybridized carbons (Fsp3) is 0.304. The van der Waals surface area contributed by atoms with Crippen molar-refractivity contribution in [3.63, 3.8) is 0 Å². The average molecular weight is 459 g/mol. The van der Waals surface area contributed by atoms with E-state index in [0.717, 1.165) is 6.08 Å². The summed E-state index contributed by atoms with van der Waals surface area (Å²) in [6.45, 7) is 0.826. The molecule has 0 bridgehead atoms. The summed E-state index contributed by atoms with van der Waals surface area (Å²) in [5.41, 5.74) is 0. The van der Waals surface area contributed by atoms with Gasteiger partial charge >= 0.3 is 5.97 Å². The van der Waals surface area contributed by atoms with Crippen LogP contribution in [0.2, 0.25) is 0 Å². The molecule has 0 aliphatic carbocycles. The van der Waals surface area contributed by atoms with Gasteiger partial charge in [0.2, 0.25) is 11.7 Å². The van der Waals surface area contributed by atoms with Crippen molar-refractivity contribution in [1.29, 1.82) is 0 Å². The highest BCUT2D eigenvalue weighted by Gasteiger charge is 2.43. The second-order valence-corrected chi connectivity index (χ2v) is 7.39. The Balaban J connectivity index is 1.61. The van der Waals surface area contributed by atoms with Crippen molar-refractivity contribution < 1.29 is 44.2 Å². The molecular weight excluding hydrogens is 434 g/mol. The summed E-state index contributed by atoms with van der Waals surface area (Å²) in [5, 5.41) is 42.7. The summed E-state index contributed by atoms with van der Waals surface area (Å²) in [4.78, 5) is 22.7. The minimum atomic E-state index is -1.68. The first kappa shape index (κ1) is 24.1. The van der Waals surface area contributed by atoms with Gasteiger partial charge in [0.05, 0.1) is 6.04 Å². The van der Waals surface area contributed by atoms with Crippen molar-refractivity contribution >= 4 is 11.9 Å². The van der Waals surface area contributed by atoms with E-state index in [9.17, 15) is 24.9 Å². The quantitative estimate of drug-likeness (QED) is 0.366. The third kappa shape index (κ3) is 6.45. The van der Waals surface area contributed by atoms with Crippen molar-refractivity contribution in [1.82, 2.24) is 5.32 Å². The minimum Gasteiger partial charge on any atom is -0.491 e. The molecule has 5 atom stereocenters. The third-order valence-electron chi connectivity index (χ3n) is 4.84.